The third kappa shape index (κ3) is 4.88. The molecule has 1 aromatic carbocycles. The van der Waals surface area contributed by atoms with Gasteiger partial charge < -0.3 is 19.7 Å². The molecule has 0 spiro atoms. The fourth-order valence-corrected chi connectivity index (χ4v) is 2.86. The molecule has 1 heterocycles. The Kier molecular flexibility index (Phi) is 6.46. The van der Waals surface area contributed by atoms with Gasteiger partial charge in [-0.05, 0) is 44.7 Å². The number of ether oxygens (including phenoxy) is 2. The molecule has 2 amide bonds. The molecule has 1 aliphatic heterocycles. The Morgan fingerprint density at radius 2 is 1.83 bits per heavy atom. The van der Waals surface area contributed by atoms with Gasteiger partial charge in [0, 0.05) is 19.1 Å². The second-order valence-electron chi connectivity index (χ2n) is 6.04. The molecule has 0 bridgehead atoms. The molecule has 1 fully saturated rings. The van der Waals surface area contributed by atoms with Crippen LogP contribution in [0.1, 0.15) is 30.9 Å². The topological polar surface area (TPSA) is 67.9 Å². The Labute approximate surface area is 143 Å². The summed E-state index contributed by atoms with van der Waals surface area (Å²) >= 11 is 0. The van der Waals surface area contributed by atoms with Gasteiger partial charge in [-0.3, -0.25) is 4.79 Å². The molecule has 132 valence electrons. The summed E-state index contributed by atoms with van der Waals surface area (Å²) in [4.78, 5) is 25.4. The average Bonchev–Trinajstić information content (AvgIpc) is 2.55. The van der Waals surface area contributed by atoms with Crippen molar-refractivity contribution in [3.63, 3.8) is 0 Å². The Bertz CT molecular complexity index is 560. The quantitative estimate of drug-likeness (QED) is 0.898. The lowest BCUT2D eigenvalue weighted by Gasteiger charge is -2.31. The fourth-order valence-electron chi connectivity index (χ4n) is 2.86. The molecule has 24 heavy (non-hydrogen) atoms. The van der Waals surface area contributed by atoms with Gasteiger partial charge in [-0.2, -0.15) is 0 Å². The Morgan fingerprint density at radius 3 is 2.42 bits per heavy atom. The number of nitrogens with one attached hydrogen (secondary N) is 1. The third-order valence-corrected chi connectivity index (χ3v) is 4.14. The fraction of sp³-hybridized carbons (Fsp3) is 0.556. The maximum atomic E-state index is 12.1. The molecule has 1 saturated heterocycles. The second-order valence-corrected chi connectivity index (χ2v) is 6.04. The lowest BCUT2D eigenvalue weighted by molar-refractivity contribution is -0.124. The minimum atomic E-state index is -0.277. The molecular weight excluding hydrogens is 308 g/mol. The van der Waals surface area contributed by atoms with Crippen molar-refractivity contribution < 1.29 is 19.1 Å². The summed E-state index contributed by atoms with van der Waals surface area (Å²) in [5.74, 6) is 0.636. The highest BCUT2D eigenvalue weighted by atomic mass is 16.6. The van der Waals surface area contributed by atoms with E-state index in [0.717, 1.165) is 29.7 Å². The van der Waals surface area contributed by atoms with Crippen LogP contribution in [0.5, 0.6) is 5.75 Å². The van der Waals surface area contributed by atoms with Crippen LogP contribution in [0.2, 0.25) is 0 Å². The van der Waals surface area contributed by atoms with Gasteiger partial charge in [0.2, 0.25) is 0 Å². The first-order valence-corrected chi connectivity index (χ1v) is 8.41. The zero-order valence-electron chi connectivity index (χ0n) is 14.6. The van der Waals surface area contributed by atoms with E-state index in [1.54, 1.807) is 11.8 Å². The molecule has 0 atom stereocenters. The van der Waals surface area contributed by atoms with Crippen LogP contribution < -0.4 is 10.1 Å². The number of carbonyl (C=O) groups is 2. The number of likely N-dealkylation sites (tertiary alicyclic amines) is 1. The van der Waals surface area contributed by atoms with Crippen molar-refractivity contribution >= 4 is 12.0 Å². The number of hydrogen-bond acceptors (Lipinski definition) is 4. The summed E-state index contributed by atoms with van der Waals surface area (Å²) in [6.07, 6.45) is 1.18. The summed E-state index contributed by atoms with van der Waals surface area (Å²) in [6.45, 7) is 7.30. The standard InChI is InChI=1S/C18H26N2O4/c1-4-23-18(22)20-10-8-15(9-11-20)19-16(21)12-24-17-13(2)6-5-7-14(17)3/h5-7,15H,4,8-12H2,1-3H3,(H,19,21). The normalized spacial score (nSPS) is 15.0. The average molecular weight is 334 g/mol. The minimum absolute atomic E-state index is 0.00375. The zero-order valence-corrected chi connectivity index (χ0v) is 14.6. The Balaban J connectivity index is 1.75. The van der Waals surface area contributed by atoms with Gasteiger partial charge in [-0.1, -0.05) is 18.2 Å². The highest BCUT2D eigenvalue weighted by Gasteiger charge is 2.24. The van der Waals surface area contributed by atoms with Crippen molar-refractivity contribution in [1.82, 2.24) is 10.2 Å². The number of amides is 2. The van der Waals surface area contributed by atoms with Gasteiger partial charge in [-0.15, -0.1) is 0 Å². The predicted molar refractivity (Wildman–Crippen MR) is 91.2 cm³/mol. The molecule has 1 aliphatic rings. The second kappa shape index (κ2) is 8.57. The van der Waals surface area contributed by atoms with Gasteiger partial charge in [-0.25, -0.2) is 4.79 Å². The maximum absolute atomic E-state index is 12.1. The monoisotopic (exact) mass is 334 g/mol. The Morgan fingerprint density at radius 1 is 1.21 bits per heavy atom. The first-order valence-electron chi connectivity index (χ1n) is 8.41. The SMILES string of the molecule is CCOC(=O)N1CCC(NC(=O)COc2c(C)cccc2C)CC1. The van der Waals surface area contributed by atoms with Crippen LogP contribution in [0.4, 0.5) is 4.79 Å². The van der Waals surface area contributed by atoms with Gasteiger partial charge in [0.25, 0.3) is 5.91 Å². The number of aryl methyl sites for hydroxylation is 2. The van der Waals surface area contributed by atoms with E-state index in [9.17, 15) is 9.59 Å². The van der Waals surface area contributed by atoms with Crippen molar-refractivity contribution in [2.75, 3.05) is 26.3 Å². The molecule has 1 N–H and O–H groups in total. The molecule has 0 aromatic heterocycles. The molecular formula is C18H26N2O4. The van der Waals surface area contributed by atoms with Crippen LogP contribution >= 0.6 is 0 Å². The van der Waals surface area contributed by atoms with Crippen molar-refractivity contribution in [3.05, 3.63) is 29.3 Å². The summed E-state index contributed by atoms with van der Waals surface area (Å²) in [7, 11) is 0. The number of nitrogens with zero attached hydrogens (tertiary/aromatic N) is 1. The van der Waals surface area contributed by atoms with Crippen LogP contribution in [0.3, 0.4) is 0 Å². The highest BCUT2D eigenvalue weighted by Crippen LogP contribution is 2.22. The number of rotatable bonds is 5. The number of carbonyl (C=O) groups excluding carboxylic acids is 2. The summed E-state index contributed by atoms with van der Waals surface area (Å²) in [5, 5.41) is 2.98. The molecule has 0 radical (unpaired) electrons. The molecule has 6 nitrogen and oxygen atoms in total. The van der Waals surface area contributed by atoms with Gasteiger partial charge in [0.05, 0.1) is 6.61 Å². The number of para-hydroxylation sites is 1. The van der Waals surface area contributed by atoms with Crippen molar-refractivity contribution in [3.8, 4) is 5.75 Å². The molecule has 2 rings (SSSR count). The van der Waals surface area contributed by atoms with E-state index in [-0.39, 0.29) is 24.6 Å². The van der Waals surface area contributed by atoms with E-state index in [0.29, 0.717) is 19.7 Å². The lowest BCUT2D eigenvalue weighted by atomic mass is 10.1. The Hall–Kier alpha value is -2.24. The number of hydrogen-bond donors (Lipinski definition) is 1. The van der Waals surface area contributed by atoms with E-state index in [1.165, 1.54) is 0 Å². The van der Waals surface area contributed by atoms with Gasteiger partial charge in [0.1, 0.15) is 5.75 Å². The smallest absolute Gasteiger partial charge is 0.409 e. The van der Waals surface area contributed by atoms with Gasteiger partial charge in [0.15, 0.2) is 6.61 Å². The molecule has 0 aliphatic carbocycles. The van der Waals surface area contributed by atoms with E-state index < -0.39 is 0 Å². The van der Waals surface area contributed by atoms with Crippen molar-refractivity contribution in [2.24, 2.45) is 0 Å². The highest BCUT2D eigenvalue weighted by molar-refractivity contribution is 5.78. The zero-order chi connectivity index (χ0) is 17.5. The van der Waals surface area contributed by atoms with Gasteiger partial charge >= 0.3 is 6.09 Å². The maximum Gasteiger partial charge on any atom is 0.409 e. The predicted octanol–water partition coefficient (Wildman–Crippen LogP) is 2.42. The van der Waals surface area contributed by atoms with Crippen LogP contribution in [0, 0.1) is 13.8 Å². The van der Waals surface area contributed by atoms with Crippen LogP contribution in [0.15, 0.2) is 18.2 Å². The van der Waals surface area contributed by atoms with Crippen molar-refractivity contribution in [2.45, 2.75) is 39.7 Å². The molecule has 1 aromatic rings. The number of piperidine rings is 1. The van der Waals surface area contributed by atoms with Crippen molar-refractivity contribution in [1.29, 1.82) is 0 Å². The van der Waals surface area contributed by atoms with Crippen LogP contribution in [-0.4, -0.2) is 49.2 Å². The summed E-state index contributed by atoms with van der Waals surface area (Å²) < 4.78 is 10.7. The van der Waals surface area contributed by atoms with E-state index in [2.05, 4.69) is 5.32 Å². The largest absolute Gasteiger partial charge is 0.483 e. The first-order chi connectivity index (χ1) is 11.5. The summed E-state index contributed by atoms with van der Waals surface area (Å²) in [6, 6.07) is 5.97. The molecule has 6 heteroatoms. The van der Waals surface area contributed by atoms with Crippen LogP contribution in [-0.2, 0) is 9.53 Å². The third-order valence-electron chi connectivity index (χ3n) is 4.14. The number of benzene rings is 1. The minimum Gasteiger partial charge on any atom is -0.483 e. The first kappa shape index (κ1) is 18.1. The lowest BCUT2D eigenvalue weighted by Crippen LogP contribution is -2.47. The summed E-state index contributed by atoms with van der Waals surface area (Å²) in [5.41, 5.74) is 2.04. The molecule has 0 saturated carbocycles. The molecule has 0 unspecified atom stereocenters. The van der Waals surface area contributed by atoms with E-state index in [1.807, 2.05) is 32.0 Å². The van der Waals surface area contributed by atoms with E-state index >= 15 is 0 Å². The van der Waals surface area contributed by atoms with Crippen LogP contribution in [0.25, 0.3) is 0 Å². The van der Waals surface area contributed by atoms with E-state index in [4.69, 9.17) is 9.47 Å².